The fourth-order valence-electron chi connectivity index (χ4n) is 1.08. The summed E-state index contributed by atoms with van der Waals surface area (Å²) in [5.41, 5.74) is 3.72. The summed E-state index contributed by atoms with van der Waals surface area (Å²) in [6, 6.07) is 5.86. The van der Waals surface area contributed by atoms with Gasteiger partial charge in [-0.15, -0.1) is 19.2 Å². The number of para-hydroxylation sites is 1. The molecule has 0 unspecified atom stereocenters. The average Bonchev–Trinajstić information content (AvgIpc) is 2.79. The highest BCUT2D eigenvalue weighted by Gasteiger charge is 2.13. The Morgan fingerprint density at radius 3 is 3.06 bits per heavy atom. The first kappa shape index (κ1) is 14.9. The lowest BCUT2D eigenvalue weighted by atomic mass is 10.3. The molecule has 2 rings (SSSR count). The van der Waals surface area contributed by atoms with Crippen LogP contribution < -0.4 is 10.8 Å². The molecule has 1 aliphatic heterocycles. The van der Waals surface area contributed by atoms with Gasteiger partial charge in [0.1, 0.15) is 0 Å². The van der Waals surface area contributed by atoms with Crippen molar-refractivity contribution in [3.63, 3.8) is 0 Å². The van der Waals surface area contributed by atoms with Crippen LogP contribution >= 0.6 is 24.7 Å². The molecule has 3 N–H and O–H groups in total. The minimum Gasteiger partial charge on any atom is -0.480 e. The van der Waals surface area contributed by atoms with Gasteiger partial charge in [-0.1, -0.05) is 12.1 Å². The lowest BCUT2D eigenvalue weighted by molar-refractivity contribution is -0.135. The third-order valence-corrected chi connectivity index (χ3v) is 2.90. The van der Waals surface area contributed by atoms with Gasteiger partial charge in [0, 0.05) is 11.4 Å². The Bertz CT molecular complexity index is 427. The van der Waals surface area contributed by atoms with E-state index in [0.29, 0.717) is 6.54 Å². The van der Waals surface area contributed by atoms with Crippen LogP contribution in [0.4, 0.5) is 5.69 Å². The van der Waals surface area contributed by atoms with Crippen LogP contribution in [0.2, 0.25) is 0 Å². The maximum Gasteiger partial charge on any atom is 0.317 e. The van der Waals surface area contributed by atoms with Crippen molar-refractivity contribution in [1.29, 1.82) is 0 Å². The van der Waals surface area contributed by atoms with Crippen LogP contribution in [0.3, 0.4) is 0 Å². The van der Waals surface area contributed by atoms with Crippen LogP contribution in [0.1, 0.15) is 0 Å². The third-order valence-electron chi connectivity index (χ3n) is 1.84. The first-order valence-corrected chi connectivity index (χ1v) is 6.29. The van der Waals surface area contributed by atoms with Gasteiger partial charge in [0.05, 0.1) is 29.2 Å². The van der Waals surface area contributed by atoms with Crippen molar-refractivity contribution in [3.8, 4) is 0 Å². The minimum atomic E-state index is -0.841. The molecular weight excluding hydrogens is 272 g/mol. The summed E-state index contributed by atoms with van der Waals surface area (Å²) in [6.07, 6.45) is 1.61. The predicted molar refractivity (Wildman–Crippen MR) is 75.0 cm³/mol. The number of benzene rings is 1. The molecule has 0 amide bonds. The van der Waals surface area contributed by atoms with Crippen molar-refractivity contribution in [2.24, 2.45) is 0 Å². The number of thiol groups is 1. The molecule has 0 radical (unpaired) electrons. The Kier molecular flexibility index (Phi) is 6.66. The van der Waals surface area contributed by atoms with Gasteiger partial charge in [-0.25, -0.2) is 0 Å². The first-order chi connectivity index (χ1) is 8.65. The molecule has 98 valence electrons. The second kappa shape index (κ2) is 8.04. The number of carboxylic acids is 1. The lowest BCUT2D eigenvalue weighted by Crippen LogP contribution is -2.21. The fourth-order valence-corrected chi connectivity index (χ4v) is 1.99. The zero-order valence-corrected chi connectivity index (χ0v) is 11.3. The Labute approximate surface area is 115 Å². The summed E-state index contributed by atoms with van der Waals surface area (Å²) in [5, 5.41) is 10.7. The Hall–Kier alpha value is -1.15. The summed E-state index contributed by atoms with van der Waals surface area (Å²) in [7, 11) is 0. The van der Waals surface area contributed by atoms with Crippen molar-refractivity contribution < 1.29 is 14.2 Å². The molecule has 5 nitrogen and oxygen atoms in total. The summed E-state index contributed by atoms with van der Waals surface area (Å²) in [4.78, 5) is 11.8. The molecule has 0 aliphatic carbocycles. The molecule has 0 saturated carbocycles. The molecule has 7 heteroatoms. The van der Waals surface area contributed by atoms with Gasteiger partial charge in [-0.05, 0) is 12.1 Å². The molecule has 18 heavy (non-hydrogen) atoms. The average molecular weight is 286 g/mol. The number of anilines is 1. The van der Waals surface area contributed by atoms with E-state index < -0.39 is 5.97 Å². The summed E-state index contributed by atoms with van der Waals surface area (Å²) in [5.74, 6) is -0.841. The molecular formula is C11H14N2O3S2. The monoisotopic (exact) mass is 286 g/mol. The summed E-state index contributed by atoms with van der Waals surface area (Å²) < 4.78 is 4.91. The van der Waals surface area contributed by atoms with E-state index in [-0.39, 0.29) is 6.54 Å². The van der Waals surface area contributed by atoms with E-state index in [4.69, 9.17) is 9.39 Å². The molecule has 0 saturated heterocycles. The van der Waals surface area contributed by atoms with E-state index in [9.17, 15) is 4.79 Å². The quantitative estimate of drug-likeness (QED) is 0.294. The van der Waals surface area contributed by atoms with E-state index in [1.165, 1.54) is 12.0 Å². The van der Waals surface area contributed by atoms with Gasteiger partial charge in [0.25, 0.3) is 0 Å². The van der Waals surface area contributed by atoms with Crippen LogP contribution in [-0.2, 0) is 9.08 Å². The van der Waals surface area contributed by atoms with Crippen molar-refractivity contribution in [1.82, 2.24) is 5.32 Å². The number of carboxylic acid groups (broad SMARTS) is 1. The first-order valence-electron chi connectivity index (χ1n) is 5.10. The second-order valence-electron chi connectivity index (χ2n) is 3.23. The standard InChI is InChI=1S/C6H5NOS2.C5H9NO2/c9-4-2-1-3-5-6(4)7-8-10-5;1-2-3-6-4-5(7)8/h1-3,7,9H;2,6H,1,3-4H2,(H,7,8). The summed E-state index contributed by atoms with van der Waals surface area (Å²) in [6.45, 7) is 3.96. The number of aliphatic carboxylic acids is 1. The van der Waals surface area contributed by atoms with Crippen molar-refractivity contribution >= 4 is 36.3 Å². The molecule has 1 aromatic rings. The number of rotatable bonds is 4. The highest BCUT2D eigenvalue weighted by Crippen LogP contribution is 2.38. The molecule has 0 aromatic heterocycles. The molecule has 1 heterocycles. The highest BCUT2D eigenvalue weighted by atomic mass is 32.2. The zero-order chi connectivity index (χ0) is 13.4. The van der Waals surface area contributed by atoms with E-state index in [2.05, 4.69) is 30.0 Å². The van der Waals surface area contributed by atoms with Crippen LogP contribution in [-0.4, -0.2) is 24.2 Å². The molecule has 0 bridgehead atoms. The normalized spacial score (nSPS) is 11.8. The second-order valence-corrected chi connectivity index (χ2v) is 4.49. The highest BCUT2D eigenvalue weighted by molar-refractivity contribution is 7.95. The molecule has 0 fully saturated rings. The molecule has 0 atom stereocenters. The number of hydrogen-bond donors (Lipinski definition) is 4. The van der Waals surface area contributed by atoms with Gasteiger partial charge in [-0.2, -0.15) is 4.28 Å². The predicted octanol–water partition coefficient (Wildman–Crippen LogP) is 2.19. The van der Waals surface area contributed by atoms with Crippen LogP contribution in [0, 0.1) is 0 Å². The van der Waals surface area contributed by atoms with E-state index in [0.717, 1.165) is 15.5 Å². The third kappa shape index (κ3) is 5.01. The number of nitrogens with one attached hydrogen (secondary N) is 2. The molecule has 1 aromatic carbocycles. The van der Waals surface area contributed by atoms with Crippen molar-refractivity contribution in [2.75, 3.05) is 18.6 Å². The molecule has 0 spiro atoms. The van der Waals surface area contributed by atoms with E-state index >= 15 is 0 Å². The van der Waals surface area contributed by atoms with Crippen LogP contribution in [0.25, 0.3) is 0 Å². The van der Waals surface area contributed by atoms with Gasteiger partial charge >= 0.3 is 5.97 Å². The fraction of sp³-hybridized carbons (Fsp3) is 0.182. The van der Waals surface area contributed by atoms with E-state index in [1.807, 2.05) is 18.2 Å². The number of hydrogen-bond acceptors (Lipinski definition) is 6. The van der Waals surface area contributed by atoms with Crippen molar-refractivity contribution in [3.05, 3.63) is 30.9 Å². The Balaban J connectivity index is 0.000000187. The van der Waals surface area contributed by atoms with Gasteiger partial charge in [-0.3, -0.25) is 10.3 Å². The van der Waals surface area contributed by atoms with E-state index in [1.54, 1.807) is 6.08 Å². The van der Waals surface area contributed by atoms with Gasteiger partial charge < -0.3 is 10.4 Å². The van der Waals surface area contributed by atoms with Crippen molar-refractivity contribution in [2.45, 2.75) is 9.79 Å². The van der Waals surface area contributed by atoms with Crippen LogP contribution in [0.5, 0.6) is 0 Å². The largest absolute Gasteiger partial charge is 0.480 e. The number of fused-ring (bicyclic) bond motifs is 1. The maximum absolute atomic E-state index is 9.78. The SMILES string of the molecule is C=CCNCC(=O)O.Sc1cccc2c1NOS2. The molecule has 1 aliphatic rings. The number of carbonyl (C=O) groups is 1. The van der Waals surface area contributed by atoms with Crippen LogP contribution in [0.15, 0.2) is 40.6 Å². The minimum absolute atomic E-state index is 0.00597. The Morgan fingerprint density at radius 1 is 1.67 bits per heavy atom. The van der Waals surface area contributed by atoms with Gasteiger partial charge in [0.2, 0.25) is 0 Å². The smallest absolute Gasteiger partial charge is 0.317 e. The maximum atomic E-state index is 9.78. The zero-order valence-electron chi connectivity index (χ0n) is 9.55. The Morgan fingerprint density at radius 2 is 2.44 bits per heavy atom. The topological polar surface area (TPSA) is 70.6 Å². The van der Waals surface area contributed by atoms with Gasteiger partial charge in [0.15, 0.2) is 0 Å². The lowest BCUT2D eigenvalue weighted by Gasteiger charge is -1.97. The summed E-state index contributed by atoms with van der Waals surface area (Å²) >= 11 is 5.55.